The molecule has 2 unspecified atom stereocenters. The van der Waals surface area contributed by atoms with Crippen LogP contribution in [0.3, 0.4) is 0 Å². The van der Waals surface area contributed by atoms with Crippen LogP contribution in [0.2, 0.25) is 0 Å². The Balaban J connectivity index is 1.87. The van der Waals surface area contributed by atoms with E-state index in [1.165, 1.54) is 0 Å². The SMILES string of the molecule is COc1ccc(C2CC(O)c3ccccc3N2)cc1. The molecule has 2 atom stereocenters. The summed E-state index contributed by atoms with van der Waals surface area (Å²) in [6.45, 7) is 0. The smallest absolute Gasteiger partial charge is 0.118 e. The normalized spacial score (nSPS) is 21.4. The van der Waals surface area contributed by atoms with Crippen LogP contribution in [0.15, 0.2) is 48.5 Å². The standard InChI is InChI=1S/C16H17NO2/c1-19-12-8-6-11(7-9-12)15-10-16(18)13-4-2-3-5-14(13)17-15/h2-9,15-18H,10H2,1H3. The summed E-state index contributed by atoms with van der Waals surface area (Å²) in [5.74, 6) is 0.848. The Morgan fingerprint density at radius 3 is 2.58 bits per heavy atom. The van der Waals surface area contributed by atoms with E-state index in [2.05, 4.69) is 5.32 Å². The molecule has 0 saturated carbocycles. The molecule has 2 aromatic rings. The first-order valence-electron chi connectivity index (χ1n) is 6.45. The van der Waals surface area contributed by atoms with Gasteiger partial charge in [-0.2, -0.15) is 0 Å². The van der Waals surface area contributed by atoms with Crippen molar-refractivity contribution in [3.05, 3.63) is 59.7 Å². The van der Waals surface area contributed by atoms with Crippen LogP contribution in [0.1, 0.15) is 29.7 Å². The van der Waals surface area contributed by atoms with Gasteiger partial charge in [0, 0.05) is 17.7 Å². The lowest BCUT2D eigenvalue weighted by Gasteiger charge is -2.31. The summed E-state index contributed by atoms with van der Waals surface area (Å²) in [6, 6.07) is 16.0. The molecule has 0 aliphatic carbocycles. The zero-order chi connectivity index (χ0) is 13.2. The minimum Gasteiger partial charge on any atom is -0.497 e. The number of hydrogen-bond donors (Lipinski definition) is 2. The Kier molecular flexibility index (Phi) is 3.13. The summed E-state index contributed by atoms with van der Waals surface area (Å²) in [4.78, 5) is 0. The van der Waals surface area contributed by atoms with Gasteiger partial charge in [0.25, 0.3) is 0 Å². The number of ether oxygens (including phenoxy) is 1. The number of aliphatic hydroxyl groups excluding tert-OH is 1. The Labute approximate surface area is 112 Å². The molecule has 19 heavy (non-hydrogen) atoms. The molecule has 0 spiro atoms. The van der Waals surface area contributed by atoms with Gasteiger partial charge in [-0.25, -0.2) is 0 Å². The van der Waals surface area contributed by atoms with Crippen molar-refractivity contribution < 1.29 is 9.84 Å². The second kappa shape index (κ2) is 4.94. The summed E-state index contributed by atoms with van der Waals surface area (Å²) >= 11 is 0. The maximum absolute atomic E-state index is 10.2. The van der Waals surface area contributed by atoms with Gasteiger partial charge in [-0.1, -0.05) is 30.3 Å². The van der Waals surface area contributed by atoms with Crippen LogP contribution in [-0.2, 0) is 0 Å². The number of rotatable bonds is 2. The van der Waals surface area contributed by atoms with Crippen LogP contribution in [-0.4, -0.2) is 12.2 Å². The number of hydrogen-bond acceptors (Lipinski definition) is 3. The van der Waals surface area contributed by atoms with Gasteiger partial charge >= 0.3 is 0 Å². The number of benzene rings is 2. The van der Waals surface area contributed by atoms with E-state index >= 15 is 0 Å². The summed E-state index contributed by atoms with van der Waals surface area (Å²) < 4.78 is 5.16. The van der Waals surface area contributed by atoms with E-state index < -0.39 is 6.10 Å². The van der Waals surface area contributed by atoms with Crippen LogP contribution < -0.4 is 10.1 Å². The highest BCUT2D eigenvalue weighted by Gasteiger charge is 2.25. The fourth-order valence-electron chi connectivity index (χ4n) is 2.57. The largest absolute Gasteiger partial charge is 0.497 e. The van der Waals surface area contributed by atoms with E-state index in [0.717, 1.165) is 22.6 Å². The maximum atomic E-state index is 10.2. The molecule has 98 valence electrons. The third kappa shape index (κ3) is 2.29. The minimum absolute atomic E-state index is 0.135. The van der Waals surface area contributed by atoms with E-state index in [4.69, 9.17) is 4.74 Å². The first-order valence-corrected chi connectivity index (χ1v) is 6.45. The quantitative estimate of drug-likeness (QED) is 0.865. The molecule has 0 amide bonds. The monoisotopic (exact) mass is 255 g/mol. The minimum atomic E-state index is -0.412. The van der Waals surface area contributed by atoms with Crippen molar-refractivity contribution in [2.75, 3.05) is 12.4 Å². The lowest BCUT2D eigenvalue weighted by molar-refractivity contribution is 0.156. The van der Waals surface area contributed by atoms with Crippen molar-refractivity contribution in [2.45, 2.75) is 18.6 Å². The van der Waals surface area contributed by atoms with Gasteiger partial charge in [0.2, 0.25) is 0 Å². The molecule has 0 aromatic heterocycles. The van der Waals surface area contributed by atoms with Crippen LogP contribution in [0.5, 0.6) is 5.75 Å². The van der Waals surface area contributed by atoms with Gasteiger partial charge in [-0.15, -0.1) is 0 Å². The number of anilines is 1. The molecular formula is C16H17NO2. The molecule has 3 heteroatoms. The lowest BCUT2D eigenvalue weighted by Crippen LogP contribution is -2.21. The molecular weight excluding hydrogens is 238 g/mol. The van der Waals surface area contributed by atoms with E-state index in [1.807, 2.05) is 48.5 Å². The number of fused-ring (bicyclic) bond motifs is 1. The predicted octanol–water partition coefficient (Wildman–Crippen LogP) is 3.29. The highest BCUT2D eigenvalue weighted by Crippen LogP contribution is 2.38. The Hall–Kier alpha value is -2.00. The molecule has 0 radical (unpaired) electrons. The molecule has 2 N–H and O–H groups in total. The van der Waals surface area contributed by atoms with Gasteiger partial charge < -0.3 is 15.2 Å². The molecule has 1 aliphatic rings. The average molecular weight is 255 g/mol. The zero-order valence-electron chi connectivity index (χ0n) is 10.8. The molecule has 0 bridgehead atoms. The lowest BCUT2D eigenvalue weighted by atomic mass is 9.91. The maximum Gasteiger partial charge on any atom is 0.118 e. The van der Waals surface area contributed by atoms with E-state index in [1.54, 1.807) is 7.11 Å². The average Bonchev–Trinajstić information content (AvgIpc) is 2.47. The fourth-order valence-corrected chi connectivity index (χ4v) is 2.57. The van der Waals surface area contributed by atoms with Crippen molar-refractivity contribution in [1.29, 1.82) is 0 Å². The van der Waals surface area contributed by atoms with Crippen molar-refractivity contribution in [3.8, 4) is 5.75 Å². The highest BCUT2D eigenvalue weighted by atomic mass is 16.5. The molecule has 0 fully saturated rings. The molecule has 1 heterocycles. The van der Waals surface area contributed by atoms with Gasteiger partial charge in [0.05, 0.1) is 19.3 Å². The number of nitrogens with one attached hydrogen (secondary N) is 1. The molecule has 3 nitrogen and oxygen atoms in total. The first-order chi connectivity index (χ1) is 9.28. The van der Waals surface area contributed by atoms with Crippen LogP contribution in [0, 0.1) is 0 Å². The summed E-state index contributed by atoms with van der Waals surface area (Å²) in [7, 11) is 1.66. The third-order valence-corrected chi connectivity index (χ3v) is 3.63. The number of aliphatic hydroxyl groups is 1. The van der Waals surface area contributed by atoms with Crippen LogP contribution >= 0.6 is 0 Å². The summed E-state index contributed by atoms with van der Waals surface area (Å²) in [5, 5.41) is 13.7. The Morgan fingerprint density at radius 1 is 1.11 bits per heavy atom. The van der Waals surface area contributed by atoms with Gasteiger partial charge in [-0.05, 0) is 23.8 Å². The second-order valence-electron chi connectivity index (χ2n) is 4.81. The van der Waals surface area contributed by atoms with Crippen molar-refractivity contribution in [2.24, 2.45) is 0 Å². The Morgan fingerprint density at radius 2 is 1.84 bits per heavy atom. The van der Waals surface area contributed by atoms with Gasteiger partial charge in [0.15, 0.2) is 0 Å². The second-order valence-corrected chi connectivity index (χ2v) is 4.81. The van der Waals surface area contributed by atoms with E-state index in [-0.39, 0.29) is 6.04 Å². The van der Waals surface area contributed by atoms with Crippen molar-refractivity contribution in [1.82, 2.24) is 0 Å². The number of para-hydroxylation sites is 1. The van der Waals surface area contributed by atoms with Crippen LogP contribution in [0.4, 0.5) is 5.69 Å². The van der Waals surface area contributed by atoms with Crippen molar-refractivity contribution >= 4 is 5.69 Å². The highest BCUT2D eigenvalue weighted by molar-refractivity contribution is 5.56. The molecule has 1 aliphatic heterocycles. The Bertz CT molecular complexity index is 565. The zero-order valence-corrected chi connectivity index (χ0v) is 10.8. The topological polar surface area (TPSA) is 41.5 Å². The van der Waals surface area contributed by atoms with Gasteiger partial charge in [-0.3, -0.25) is 0 Å². The van der Waals surface area contributed by atoms with E-state index in [0.29, 0.717) is 6.42 Å². The number of methoxy groups -OCH3 is 1. The van der Waals surface area contributed by atoms with Crippen molar-refractivity contribution in [3.63, 3.8) is 0 Å². The molecule has 2 aromatic carbocycles. The summed E-state index contributed by atoms with van der Waals surface area (Å²) in [5.41, 5.74) is 3.16. The first kappa shape index (κ1) is 12.1. The van der Waals surface area contributed by atoms with E-state index in [9.17, 15) is 5.11 Å². The third-order valence-electron chi connectivity index (χ3n) is 3.63. The fraction of sp³-hybridized carbons (Fsp3) is 0.250. The summed E-state index contributed by atoms with van der Waals surface area (Å²) in [6.07, 6.45) is 0.271. The molecule has 3 rings (SSSR count). The van der Waals surface area contributed by atoms with Gasteiger partial charge in [0.1, 0.15) is 5.75 Å². The molecule has 0 saturated heterocycles. The van der Waals surface area contributed by atoms with Crippen LogP contribution in [0.25, 0.3) is 0 Å². The predicted molar refractivity (Wildman–Crippen MR) is 75.4 cm³/mol.